The van der Waals surface area contributed by atoms with E-state index >= 15 is 0 Å². The van der Waals surface area contributed by atoms with Gasteiger partial charge in [0.1, 0.15) is 0 Å². The molecule has 0 N–H and O–H groups in total. The molecule has 1 fully saturated rings. The first-order valence-electron chi connectivity index (χ1n) is 6.59. The van der Waals surface area contributed by atoms with Gasteiger partial charge in [0.2, 0.25) is 5.91 Å². The maximum atomic E-state index is 11.8. The zero-order chi connectivity index (χ0) is 13.8. The van der Waals surface area contributed by atoms with Crippen molar-refractivity contribution >= 4 is 11.9 Å². The molecular formula is C15H19NO3. The van der Waals surface area contributed by atoms with Crippen LogP contribution in [-0.2, 0) is 16.1 Å². The number of benzene rings is 1. The third-order valence-corrected chi connectivity index (χ3v) is 3.62. The monoisotopic (exact) mass is 261 g/mol. The number of ether oxygens (including phenoxy) is 1. The molecule has 102 valence electrons. The van der Waals surface area contributed by atoms with Crippen molar-refractivity contribution in [3.63, 3.8) is 0 Å². The molecule has 0 spiro atoms. The lowest BCUT2D eigenvalue weighted by molar-refractivity contribution is -0.128. The fourth-order valence-corrected chi connectivity index (χ4v) is 2.36. The zero-order valence-electron chi connectivity index (χ0n) is 11.4. The molecule has 2 rings (SSSR count). The minimum Gasteiger partial charge on any atom is -0.465 e. The smallest absolute Gasteiger partial charge is 0.337 e. The van der Waals surface area contributed by atoms with E-state index in [2.05, 4.69) is 11.7 Å². The molecule has 0 aliphatic carbocycles. The fraction of sp³-hybridized carbons (Fsp3) is 0.467. The van der Waals surface area contributed by atoms with Gasteiger partial charge in [-0.1, -0.05) is 25.5 Å². The second-order valence-electron chi connectivity index (χ2n) is 4.94. The van der Waals surface area contributed by atoms with Crippen LogP contribution in [0.3, 0.4) is 0 Å². The largest absolute Gasteiger partial charge is 0.465 e. The molecule has 1 heterocycles. The summed E-state index contributed by atoms with van der Waals surface area (Å²) in [6.07, 6.45) is 1.71. The summed E-state index contributed by atoms with van der Waals surface area (Å²) in [5.74, 6) is 0.376. The summed E-state index contributed by atoms with van der Waals surface area (Å²) in [7, 11) is 1.37. The lowest BCUT2D eigenvalue weighted by Gasteiger charge is -2.16. The van der Waals surface area contributed by atoms with E-state index in [4.69, 9.17) is 0 Å². The van der Waals surface area contributed by atoms with Gasteiger partial charge in [0.05, 0.1) is 12.7 Å². The Balaban J connectivity index is 2.00. The van der Waals surface area contributed by atoms with Crippen molar-refractivity contribution in [3.8, 4) is 0 Å². The Morgan fingerprint density at radius 1 is 1.37 bits per heavy atom. The summed E-state index contributed by atoms with van der Waals surface area (Å²) in [5.41, 5.74) is 1.57. The Kier molecular flexibility index (Phi) is 4.20. The van der Waals surface area contributed by atoms with Gasteiger partial charge in [0.25, 0.3) is 0 Å². The number of nitrogens with zero attached hydrogens (tertiary/aromatic N) is 1. The van der Waals surface area contributed by atoms with Crippen LogP contribution in [0.4, 0.5) is 0 Å². The van der Waals surface area contributed by atoms with Crippen molar-refractivity contribution < 1.29 is 14.3 Å². The lowest BCUT2D eigenvalue weighted by atomic mass is 10.1. The minimum absolute atomic E-state index is 0.226. The summed E-state index contributed by atoms with van der Waals surface area (Å²) < 4.78 is 4.65. The predicted molar refractivity (Wildman–Crippen MR) is 71.6 cm³/mol. The van der Waals surface area contributed by atoms with Crippen molar-refractivity contribution in [1.82, 2.24) is 4.90 Å². The summed E-state index contributed by atoms with van der Waals surface area (Å²) in [4.78, 5) is 25.0. The summed E-state index contributed by atoms with van der Waals surface area (Å²) in [5, 5.41) is 0. The van der Waals surface area contributed by atoms with E-state index < -0.39 is 0 Å². The Morgan fingerprint density at radius 2 is 2.05 bits per heavy atom. The number of hydrogen-bond acceptors (Lipinski definition) is 3. The van der Waals surface area contributed by atoms with Gasteiger partial charge in [-0.25, -0.2) is 4.79 Å². The molecule has 0 radical (unpaired) electrons. The Hall–Kier alpha value is -1.84. The van der Waals surface area contributed by atoms with Gasteiger partial charge in [-0.15, -0.1) is 0 Å². The predicted octanol–water partition coefficient (Wildman–Crippen LogP) is 2.23. The normalized spacial score (nSPS) is 18.7. The van der Waals surface area contributed by atoms with Crippen molar-refractivity contribution in [2.45, 2.75) is 26.3 Å². The number of esters is 1. The highest BCUT2D eigenvalue weighted by Gasteiger charge is 2.27. The van der Waals surface area contributed by atoms with Gasteiger partial charge in [-0.3, -0.25) is 4.79 Å². The number of carbonyl (C=O) groups is 2. The number of amides is 1. The third-order valence-electron chi connectivity index (χ3n) is 3.62. The summed E-state index contributed by atoms with van der Waals surface area (Å²) in [6.45, 7) is 3.58. The van der Waals surface area contributed by atoms with Crippen LogP contribution in [0.25, 0.3) is 0 Å². The summed E-state index contributed by atoms with van der Waals surface area (Å²) >= 11 is 0. The maximum absolute atomic E-state index is 11.8. The average Bonchev–Trinajstić information content (AvgIpc) is 2.79. The van der Waals surface area contributed by atoms with Crippen molar-refractivity contribution in [3.05, 3.63) is 35.4 Å². The molecule has 1 aliphatic heterocycles. The Morgan fingerprint density at radius 3 is 2.58 bits per heavy atom. The van der Waals surface area contributed by atoms with E-state index in [9.17, 15) is 9.59 Å². The standard InChI is InChI=1S/C15H19NO3/c1-3-11-8-14(17)16(9-11)10-12-4-6-13(7-5-12)15(18)19-2/h4-7,11H,3,8-10H2,1-2H3. The average molecular weight is 261 g/mol. The Bertz CT molecular complexity index is 467. The summed E-state index contributed by atoms with van der Waals surface area (Å²) in [6, 6.07) is 7.22. The van der Waals surface area contributed by atoms with E-state index in [1.54, 1.807) is 12.1 Å². The van der Waals surface area contributed by atoms with Crippen LogP contribution < -0.4 is 0 Å². The SMILES string of the molecule is CCC1CC(=O)N(Cc2ccc(C(=O)OC)cc2)C1. The topological polar surface area (TPSA) is 46.6 Å². The lowest BCUT2D eigenvalue weighted by Crippen LogP contribution is -2.24. The highest BCUT2D eigenvalue weighted by atomic mass is 16.5. The molecule has 0 aromatic heterocycles. The molecule has 1 amide bonds. The number of rotatable bonds is 4. The first kappa shape index (κ1) is 13.6. The van der Waals surface area contributed by atoms with Crippen LogP contribution in [0, 0.1) is 5.92 Å². The molecule has 19 heavy (non-hydrogen) atoms. The van der Waals surface area contributed by atoms with Crippen LogP contribution in [0.1, 0.15) is 35.7 Å². The van der Waals surface area contributed by atoms with Gasteiger partial charge in [-0.05, 0) is 23.6 Å². The van der Waals surface area contributed by atoms with Gasteiger partial charge in [-0.2, -0.15) is 0 Å². The first-order chi connectivity index (χ1) is 9.13. The first-order valence-corrected chi connectivity index (χ1v) is 6.59. The van der Waals surface area contributed by atoms with E-state index in [1.807, 2.05) is 17.0 Å². The maximum Gasteiger partial charge on any atom is 0.337 e. The van der Waals surface area contributed by atoms with E-state index in [-0.39, 0.29) is 11.9 Å². The molecule has 1 aliphatic rings. The highest BCUT2D eigenvalue weighted by molar-refractivity contribution is 5.89. The second kappa shape index (κ2) is 5.87. The molecule has 4 nitrogen and oxygen atoms in total. The second-order valence-corrected chi connectivity index (χ2v) is 4.94. The van der Waals surface area contributed by atoms with Crippen LogP contribution in [0.5, 0.6) is 0 Å². The molecule has 4 heteroatoms. The molecule has 1 aromatic carbocycles. The molecule has 1 saturated heterocycles. The number of hydrogen-bond donors (Lipinski definition) is 0. The van der Waals surface area contributed by atoms with Gasteiger partial charge in [0.15, 0.2) is 0 Å². The van der Waals surface area contributed by atoms with Crippen molar-refractivity contribution in [2.24, 2.45) is 5.92 Å². The van der Waals surface area contributed by atoms with Crippen molar-refractivity contribution in [2.75, 3.05) is 13.7 Å². The van der Waals surface area contributed by atoms with E-state index in [1.165, 1.54) is 7.11 Å². The molecule has 0 saturated carbocycles. The van der Waals surface area contributed by atoms with Gasteiger partial charge >= 0.3 is 5.97 Å². The number of methoxy groups -OCH3 is 1. The van der Waals surface area contributed by atoms with E-state index in [0.29, 0.717) is 24.4 Å². The molecular weight excluding hydrogens is 242 g/mol. The molecule has 1 atom stereocenters. The molecule has 1 aromatic rings. The third kappa shape index (κ3) is 3.13. The highest BCUT2D eigenvalue weighted by Crippen LogP contribution is 2.22. The number of carbonyl (C=O) groups excluding carboxylic acids is 2. The zero-order valence-corrected chi connectivity index (χ0v) is 11.4. The minimum atomic E-state index is -0.338. The van der Waals surface area contributed by atoms with Crippen LogP contribution >= 0.6 is 0 Å². The quantitative estimate of drug-likeness (QED) is 0.781. The van der Waals surface area contributed by atoms with Gasteiger partial charge < -0.3 is 9.64 Å². The Labute approximate surface area is 113 Å². The van der Waals surface area contributed by atoms with Crippen LogP contribution in [0.15, 0.2) is 24.3 Å². The van der Waals surface area contributed by atoms with Crippen LogP contribution in [0.2, 0.25) is 0 Å². The fourth-order valence-electron chi connectivity index (χ4n) is 2.36. The number of likely N-dealkylation sites (tertiary alicyclic amines) is 1. The van der Waals surface area contributed by atoms with Crippen molar-refractivity contribution in [1.29, 1.82) is 0 Å². The molecule has 0 bridgehead atoms. The van der Waals surface area contributed by atoms with Crippen LogP contribution in [-0.4, -0.2) is 30.4 Å². The van der Waals surface area contributed by atoms with E-state index in [0.717, 1.165) is 18.5 Å². The molecule has 1 unspecified atom stereocenters. The van der Waals surface area contributed by atoms with Gasteiger partial charge in [0, 0.05) is 19.5 Å².